The number of hydrogen-bond donors (Lipinski definition) is 1. The standard InChI is InChI=1S/C28H31ClN2O5S/c1-19(2)27(21-10-13-25-26(16-21)36-15-7-14-35-25)30-28(32)23-17-22(11-12-24(23)29)37(33,34)31(3)18-20-8-5-4-6-9-20/h4-6,8-13,16-17,19,27H,7,14-15,18H2,1-3H3,(H,30,32)/t27-/m0/s1. The van der Waals surface area contributed by atoms with Crippen molar-refractivity contribution < 1.29 is 22.7 Å². The smallest absolute Gasteiger partial charge is 0.253 e. The fraction of sp³-hybridized carbons (Fsp3) is 0.321. The lowest BCUT2D eigenvalue weighted by molar-refractivity contribution is 0.0925. The first-order valence-electron chi connectivity index (χ1n) is 12.2. The Bertz CT molecular complexity index is 1360. The van der Waals surface area contributed by atoms with Crippen LogP contribution in [0.1, 0.15) is 47.8 Å². The molecule has 1 atom stereocenters. The topological polar surface area (TPSA) is 84.9 Å². The number of sulfonamides is 1. The predicted octanol–water partition coefficient (Wildman–Crippen LogP) is 5.45. The molecule has 196 valence electrons. The molecular weight excluding hydrogens is 512 g/mol. The summed E-state index contributed by atoms with van der Waals surface area (Å²) in [4.78, 5) is 13.4. The normalized spacial score (nSPS) is 14.3. The molecule has 0 fully saturated rings. The zero-order valence-corrected chi connectivity index (χ0v) is 22.7. The van der Waals surface area contributed by atoms with E-state index in [2.05, 4.69) is 5.32 Å². The van der Waals surface area contributed by atoms with Crippen LogP contribution in [0.3, 0.4) is 0 Å². The number of nitrogens with zero attached hydrogens (tertiary/aromatic N) is 1. The molecule has 37 heavy (non-hydrogen) atoms. The summed E-state index contributed by atoms with van der Waals surface area (Å²) in [5.74, 6) is 0.896. The fourth-order valence-corrected chi connectivity index (χ4v) is 5.56. The van der Waals surface area contributed by atoms with Gasteiger partial charge in [0.1, 0.15) is 0 Å². The van der Waals surface area contributed by atoms with E-state index in [-0.39, 0.29) is 34.0 Å². The molecule has 1 aliphatic heterocycles. The Labute approximate surface area is 223 Å². The van der Waals surface area contributed by atoms with Gasteiger partial charge in [0.25, 0.3) is 5.91 Å². The number of carbonyl (C=O) groups is 1. The van der Waals surface area contributed by atoms with Gasteiger partial charge in [-0.1, -0.05) is 61.8 Å². The van der Waals surface area contributed by atoms with Gasteiger partial charge in [0, 0.05) is 20.0 Å². The summed E-state index contributed by atoms with van der Waals surface area (Å²) in [6.07, 6.45) is 0.798. The van der Waals surface area contributed by atoms with Crippen molar-refractivity contribution in [3.63, 3.8) is 0 Å². The number of hydrogen-bond acceptors (Lipinski definition) is 5. The molecule has 0 unspecified atom stereocenters. The van der Waals surface area contributed by atoms with E-state index in [1.54, 1.807) is 0 Å². The van der Waals surface area contributed by atoms with Crippen molar-refractivity contribution in [1.82, 2.24) is 9.62 Å². The average molecular weight is 543 g/mol. The highest BCUT2D eigenvalue weighted by Gasteiger charge is 2.26. The average Bonchev–Trinajstić information content (AvgIpc) is 3.12. The van der Waals surface area contributed by atoms with E-state index in [0.717, 1.165) is 17.5 Å². The molecule has 0 bridgehead atoms. The Hall–Kier alpha value is -3.07. The molecular formula is C28H31ClN2O5S. The number of carbonyl (C=O) groups excluding carboxylic acids is 1. The van der Waals surface area contributed by atoms with Crippen LogP contribution >= 0.6 is 11.6 Å². The van der Waals surface area contributed by atoms with E-state index in [9.17, 15) is 13.2 Å². The zero-order chi connectivity index (χ0) is 26.6. The third-order valence-corrected chi connectivity index (χ3v) is 8.35. The van der Waals surface area contributed by atoms with Gasteiger partial charge in [0.2, 0.25) is 10.0 Å². The maximum Gasteiger partial charge on any atom is 0.253 e. The Morgan fingerprint density at radius 1 is 1.00 bits per heavy atom. The highest BCUT2D eigenvalue weighted by atomic mass is 35.5. The molecule has 0 aromatic heterocycles. The Kier molecular flexibility index (Phi) is 8.42. The van der Waals surface area contributed by atoms with Crippen molar-refractivity contribution >= 4 is 27.5 Å². The van der Waals surface area contributed by atoms with Crippen LogP contribution in [0.4, 0.5) is 0 Å². The van der Waals surface area contributed by atoms with E-state index in [1.165, 1.54) is 29.6 Å². The Morgan fingerprint density at radius 3 is 2.41 bits per heavy atom. The molecule has 1 heterocycles. The number of ether oxygens (including phenoxy) is 2. The zero-order valence-electron chi connectivity index (χ0n) is 21.1. The van der Waals surface area contributed by atoms with Crippen LogP contribution in [-0.2, 0) is 16.6 Å². The SMILES string of the molecule is CC(C)[C@H](NC(=O)c1cc(S(=O)(=O)N(C)Cc2ccccc2)ccc1Cl)c1ccc2c(c1)OCCCO2. The van der Waals surface area contributed by atoms with Crippen LogP contribution in [0.25, 0.3) is 0 Å². The van der Waals surface area contributed by atoms with Crippen molar-refractivity contribution in [1.29, 1.82) is 0 Å². The van der Waals surface area contributed by atoms with Gasteiger partial charge in [-0.05, 0) is 47.4 Å². The Morgan fingerprint density at radius 2 is 1.70 bits per heavy atom. The minimum absolute atomic E-state index is 0.00263. The number of rotatable bonds is 8. The van der Waals surface area contributed by atoms with Crippen LogP contribution in [-0.4, -0.2) is 38.9 Å². The second-order valence-electron chi connectivity index (χ2n) is 9.34. The maximum absolute atomic E-state index is 13.4. The number of amides is 1. The van der Waals surface area contributed by atoms with Crippen LogP contribution in [0.2, 0.25) is 5.02 Å². The lowest BCUT2D eigenvalue weighted by atomic mass is 9.95. The van der Waals surface area contributed by atoms with Crippen LogP contribution < -0.4 is 14.8 Å². The van der Waals surface area contributed by atoms with Crippen LogP contribution in [0.5, 0.6) is 11.5 Å². The maximum atomic E-state index is 13.4. The van der Waals surface area contributed by atoms with Gasteiger partial charge in [0.15, 0.2) is 11.5 Å². The summed E-state index contributed by atoms with van der Waals surface area (Å²) >= 11 is 6.37. The summed E-state index contributed by atoms with van der Waals surface area (Å²) in [7, 11) is -2.35. The van der Waals surface area contributed by atoms with E-state index in [4.69, 9.17) is 21.1 Å². The molecule has 1 N–H and O–H groups in total. The minimum atomic E-state index is -3.86. The lowest BCUT2D eigenvalue weighted by Gasteiger charge is -2.24. The van der Waals surface area contributed by atoms with Gasteiger partial charge in [0.05, 0.1) is 34.7 Å². The molecule has 4 rings (SSSR count). The van der Waals surface area contributed by atoms with E-state index in [0.29, 0.717) is 24.7 Å². The third-order valence-electron chi connectivity index (χ3n) is 6.22. The molecule has 0 aliphatic carbocycles. The predicted molar refractivity (Wildman–Crippen MR) is 144 cm³/mol. The third kappa shape index (κ3) is 6.26. The first kappa shape index (κ1) is 27.0. The number of nitrogens with one attached hydrogen (secondary N) is 1. The van der Waals surface area contributed by atoms with Gasteiger partial charge in [-0.2, -0.15) is 4.31 Å². The first-order chi connectivity index (χ1) is 17.7. The molecule has 0 spiro atoms. The number of halogens is 1. The highest BCUT2D eigenvalue weighted by Crippen LogP contribution is 2.34. The second kappa shape index (κ2) is 11.5. The van der Waals surface area contributed by atoms with Crippen molar-refractivity contribution in [2.75, 3.05) is 20.3 Å². The summed E-state index contributed by atoms with van der Waals surface area (Å²) in [5, 5.41) is 3.20. The fourth-order valence-electron chi connectivity index (χ4n) is 4.17. The molecule has 3 aromatic rings. The molecule has 1 aliphatic rings. The van der Waals surface area contributed by atoms with Gasteiger partial charge >= 0.3 is 0 Å². The van der Waals surface area contributed by atoms with Crippen LogP contribution in [0.15, 0.2) is 71.6 Å². The summed E-state index contributed by atoms with van der Waals surface area (Å²) in [6.45, 7) is 5.34. The number of benzene rings is 3. The quantitative estimate of drug-likeness (QED) is 0.409. The van der Waals surface area contributed by atoms with Crippen LogP contribution in [0, 0.1) is 5.92 Å². The van der Waals surface area contributed by atoms with Gasteiger partial charge in [-0.25, -0.2) is 8.42 Å². The Balaban J connectivity index is 1.58. The van der Waals surface area contributed by atoms with Gasteiger partial charge < -0.3 is 14.8 Å². The van der Waals surface area contributed by atoms with E-state index < -0.39 is 15.9 Å². The molecule has 0 saturated heterocycles. The molecule has 3 aromatic carbocycles. The molecule has 0 saturated carbocycles. The highest BCUT2D eigenvalue weighted by molar-refractivity contribution is 7.89. The van der Waals surface area contributed by atoms with Crippen molar-refractivity contribution in [2.45, 2.75) is 37.8 Å². The molecule has 7 nitrogen and oxygen atoms in total. The lowest BCUT2D eigenvalue weighted by Crippen LogP contribution is -2.32. The summed E-state index contributed by atoms with van der Waals surface area (Å²) in [5.41, 5.74) is 1.81. The summed E-state index contributed by atoms with van der Waals surface area (Å²) in [6, 6.07) is 18.8. The second-order valence-corrected chi connectivity index (χ2v) is 11.8. The van der Waals surface area contributed by atoms with Crippen molar-refractivity contribution in [3.05, 3.63) is 88.4 Å². The monoisotopic (exact) mass is 542 g/mol. The first-order valence-corrected chi connectivity index (χ1v) is 14.0. The van der Waals surface area contributed by atoms with E-state index >= 15 is 0 Å². The number of fused-ring (bicyclic) bond motifs is 1. The largest absolute Gasteiger partial charge is 0.490 e. The van der Waals surface area contributed by atoms with Gasteiger partial charge in [-0.15, -0.1) is 0 Å². The summed E-state index contributed by atoms with van der Waals surface area (Å²) < 4.78 is 39.3. The van der Waals surface area contributed by atoms with Gasteiger partial charge in [-0.3, -0.25) is 4.79 Å². The minimum Gasteiger partial charge on any atom is -0.490 e. The van der Waals surface area contributed by atoms with Crippen molar-refractivity contribution in [2.24, 2.45) is 5.92 Å². The van der Waals surface area contributed by atoms with E-state index in [1.807, 2.05) is 62.4 Å². The van der Waals surface area contributed by atoms with Crippen molar-refractivity contribution in [3.8, 4) is 11.5 Å². The molecule has 0 radical (unpaired) electrons. The molecule has 1 amide bonds. The molecule has 9 heteroatoms.